The maximum absolute atomic E-state index is 12.9. The van der Waals surface area contributed by atoms with Crippen LogP contribution < -0.4 is 5.43 Å². The molecule has 0 amide bonds. The van der Waals surface area contributed by atoms with Crippen LogP contribution in [0.3, 0.4) is 0 Å². The zero-order valence-electron chi connectivity index (χ0n) is 13.9. The Morgan fingerprint density at radius 1 is 1.00 bits per heavy atom. The van der Waals surface area contributed by atoms with Gasteiger partial charge in [-0.1, -0.05) is 12.1 Å². The van der Waals surface area contributed by atoms with Gasteiger partial charge in [0.05, 0.1) is 21.1 Å². The first-order valence-electron chi connectivity index (χ1n) is 7.53. The molecule has 3 heteroatoms. The molecule has 1 aromatic heterocycles. The number of benzene rings is 2. The summed E-state index contributed by atoms with van der Waals surface area (Å²) >= 11 is 1.73. The molecular weight excluding hydrogens is 290 g/mol. The zero-order valence-corrected chi connectivity index (χ0v) is 14.7. The van der Waals surface area contributed by atoms with Crippen molar-refractivity contribution in [3.05, 3.63) is 57.2 Å². The van der Waals surface area contributed by atoms with Gasteiger partial charge in [-0.3, -0.25) is 4.79 Å². The Morgan fingerprint density at radius 3 is 2.36 bits per heavy atom. The first-order chi connectivity index (χ1) is 10.3. The van der Waals surface area contributed by atoms with Gasteiger partial charge in [0.1, 0.15) is 6.54 Å². The van der Waals surface area contributed by atoms with Crippen molar-refractivity contribution in [3.63, 3.8) is 0 Å². The van der Waals surface area contributed by atoms with Gasteiger partial charge >= 0.3 is 0 Å². The lowest BCUT2D eigenvalue weighted by atomic mass is 9.99. The van der Waals surface area contributed by atoms with Gasteiger partial charge in [-0.15, -0.1) is 11.3 Å². The van der Waals surface area contributed by atoms with Crippen molar-refractivity contribution in [2.24, 2.45) is 0 Å². The summed E-state index contributed by atoms with van der Waals surface area (Å²) in [4.78, 5) is 12.9. The summed E-state index contributed by atoms with van der Waals surface area (Å²) in [6, 6.07) is 10.0. The maximum atomic E-state index is 12.9. The summed E-state index contributed by atoms with van der Waals surface area (Å²) in [5.74, 6) is 0. The average Bonchev–Trinajstić information content (AvgIpc) is 2.45. The summed E-state index contributed by atoms with van der Waals surface area (Å²) < 4.78 is 3.06. The highest BCUT2D eigenvalue weighted by Gasteiger charge is 2.16. The third-order valence-corrected chi connectivity index (χ3v) is 5.49. The van der Waals surface area contributed by atoms with E-state index in [1.165, 1.54) is 16.7 Å². The van der Waals surface area contributed by atoms with Gasteiger partial charge in [0.25, 0.3) is 0 Å². The van der Waals surface area contributed by atoms with Crippen LogP contribution in [0.4, 0.5) is 0 Å². The van der Waals surface area contributed by atoms with Crippen molar-refractivity contribution in [2.75, 3.05) is 21.1 Å². The van der Waals surface area contributed by atoms with Gasteiger partial charge < -0.3 is 4.48 Å². The SMILES string of the molecule is Cc1c(C[N+](C)(C)C)cc2c(=O)c3ccccc3sc2c1C. The third-order valence-electron chi connectivity index (χ3n) is 4.18. The van der Waals surface area contributed by atoms with Crippen molar-refractivity contribution in [2.45, 2.75) is 20.4 Å². The van der Waals surface area contributed by atoms with Gasteiger partial charge in [0.15, 0.2) is 5.43 Å². The van der Waals surface area contributed by atoms with Crippen LogP contribution in [-0.4, -0.2) is 25.6 Å². The Morgan fingerprint density at radius 2 is 1.68 bits per heavy atom. The predicted octanol–water partition coefficient (Wildman–Crippen LogP) is 4.24. The molecule has 0 unspecified atom stereocenters. The van der Waals surface area contributed by atoms with Gasteiger partial charge in [-0.05, 0) is 43.2 Å². The van der Waals surface area contributed by atoms with Crippen molar-refractivity contribution in [1.29, 1.82) is 0 Å². The number of rotatable bonds is 2. The summed E-state index contributed by atoms with van der Waals surface area (Å²) in [5.41, 5.74) is 3.99. The number of fused-ring (bicyclic) bond motifs is 2. The Balaban J connectivity index is 2.40. The Labute approximate surface area is 135 Å². The molecule has 0 spiro atoms. The first-order valence-corrected chi connectivity index (χ1v) is 8.34. The second-order valence-corrected chi connectivity index (χ2v) is 8.09. The fraction of sp³-hybridized carbons (Fsp3) is 0.316. The lowest BCUT2D eigenvalue weighted by molar-refractivity contribution is -0.884. The second-order valence-electron chi connectivity index (χ2n) is 7.04. The van der Waals surface area contributed by atoms with Crippen LogP contribution in [-0.2, 0) is 6.54 Å². The molecule has 3 rings (SSSR count). The maximum Gasteiger partial charge on any atom is 0.195 e. The largest absolute Gasteiger partial charge is 0.327 e. The lowest BCUT2D eigenvalue weighted by Gasteiger charge is -2.25. The quantitative estimate of drug-likeness (QED) is 0.511. The first kappa shape index (κ1) is 15.2. The molecule has 0 aliphatic rings. The third kappa shape index (κ3) is 2.55. The summed E-state index contributed by atoms with van der Waals surface area (Å²) in [7, 11) is 6.54. The second kappa shape index (κ2) is 5.18. The Kier molecular flexibility index (Phi) is 3.58. The fourth-order valence-electron chi connectivity index (χ4n) is 2.93. The molecule has 1 heterocycles. The van der Waals surface area contributed by atoms with Crippen LogP contribution in [0.25, 0.3) is 20.2 Å². The van der Waals surface area contributed by atoms with Crippen LogP contribution >= 0.6 is 11.3 Å². The van der Waals surface area contributed by atoms with E-state index in [0.29, 0.717) is 0 Å². The topological polar surface area (TPSA) is 17.1 Å². The van der Waals surface area contributed by atoms with E-state index < -0.39 is 0 Å². The monoisotopic (exact) mass is 312 g/mol. The highest BCUT2D eigenvalue weighted by Crippen LogP contribution is 2.31. The Bertz CT molecular complexity index is 932. The number of quaternary nitrogens is 1. The van der Waals surface area contributed by atoms with E-state index >= 15 is 0 Å². The van der Waals surface area contributed by atoms with Crippen LogP contribution in [0.2, 0.25) is 0 Å². The highest BCUT2D eigenvalue weighted by molar-refractivity contribution is 7.24. The molecule has 0 N–H and O–H groups in total. The number of aryl methyl sites for hydroxylation is 1. The number of hydrogen-bond donors (Lipinski definition) is 0. The molecule has 3 aromatic rings. The van der Waals surface area contributed by atoms with E-state index in [0.717, 1.165) is 31.2 Å². The van der Waals surface area contributed by atoms with Crippen LogP contribution in [0.5, 0.6) is 0 Å². The molecular formula is C19H22NOS+. The van der Waals surface area contributed by atoms with Gasteiger partial charge in [-0.25, -0.2) is 0 Å². The minimum Gasteiger partial charge on any atom is -0.327 e. The molecule has 2 aromatic carbocycles. The molecule has 0 aliphatic carbocycles. The Hall–Kier alpha value is -1.71. The minimum atomic E-state index is 0.162. The standard InChI is InChI=1S/C19H22NOS/c1-12-13(2)19-16(10-14(12)11-20(3,4)5)18(21)15-8-6-7-9-17(15)22-19/h6-10H,11H2,1-5H3/q+1. The zero-order chi connectivity index (χ0) is 16.1. The summed E-state index contributed by atoms with van der Waals surface area (Å²) in [6.07, 6.45) is 0. The van der Waals surface area contributed by atoms with E-state index in [2.05, 4.69) is 41.1 Å². The van der Waals surface area contributed by atoms with E-state index in [4.69, 9.17) is 0 Å². The van der Waals surface area contributed by atoms with Crippen LogP contribution in [0.15, 0.2) is 35.1 Å². The molecule has 0 fully saturated rings. The van der Waals surface area contributed by atoms with E-state index in [1.54, 1.807) is 11.3 Å². The average molecular weight is 312 g/mol. The lowest BCUT2D eigenvalue weighted by Crippen LogP contribution is -2.33. The molecule has 0 atom stereocenters. The molecule has 0 saturated heterocycles. The molecule has 114 valence electrons. The van der Waals surface area contributed by atoms with Crippen LogP contribution in [0, 0.1) is 13.8 Å². The molecule has 22 heavy (non-hydrogen) atoms. The normalized spacial score (nSPS) is 12.2. The predicted molar refractivity (Wildman–Crippen MR) is 96.8 cm³/mol. The van der Waals surface area contributed by atoms with Crippen molar-refractivity contribution in [1.82, 2.24) is 0 Å². The number of nitrogens with zero attached hydrogens (tertiary/aromatic N) is 1. The van der Waals surface area contributed by atoms with Gasteiger partial charge in [0.2, 0.25) is 0 Å². The van der Waals surface area contributed by atoms with Gasteiger partial charge in [0, 0.05) is 25.7 Å². The van der Waals surface area contributed by atoms with Gasteiger partial charge in [-0.2, -0.15) is 0 Å². The van der Waals surface area contributed by atoms with E-state index in [-0.39, 0.29) is 5.43 Å². The molecule has 2 nitrogen and oxygen atoms in total. The van der Waals surface area contributed by atoms with Crippen molar-refractivity contribution < 1.29 is 4.48 Å². The summed E-state index contributed by atoms with van der Waals surface area (Å²) in [6.45, 7) is 5.24. The molecule has 0 aliphatic heterocycles. The fourth-order valence-corrected chi connectivity index (χ4v) is 4.14. The van der Waals surface area contributed by atoms with E-state index in [1.807, 2.05) is 24.3 Å². The van der Waals surface area contributed by atoms with Crippen LogP contribution in [0.1, 0.15) is 16.7 Å². The smallest absolute Gasteiger partial charge is 0.195 e. The van der Waals surface area contributed by atoms with Crippen molar-refractivity contribution >= 4 is 31.5 Å². The molecule has 0 radical (unpaired) electrons. The van der Waals surface area contributed by atoms with E-state index in [9.17, 15) is 4.79 Å². The molecule has 0 bridgehead atoms. The minimum absolute atomic E-state index is 0.162. The number of hydrogen-bond acceptors (Lipinski definition) is 2. The van der Waals surface area contributed by atoms with Crippen molar-refractivity contribution in [3.8, 4) is 0 Å². The highest BCUT2D eigenvalue weighted by atomic mass is 32.1. The molecule has 0 saturated carbocycles. The summed E-state index contributed by atoms with van der Waals surface area (Å²) in [5, 5.41) is 1.70.